The van der Waals surface area contributed by atoms with E-state index in [0.717, 1.165) is 55.4 Å². The molecule has 6 nitrogen and oxygen atoms in total. The van der Waals surface area contributed by atoms with Crippen molar-refractivity contribution in [3.63, 3.8) is 0 Å². The van der Waals surface area contributed by atoms with Crippen molar-refractivity contribution in [3.05, 3.63) is 16.0 Å². The van der Waals surface area contributed by atoms with Crippen molar-refractivity contribution in [2.45, 2.75) is 63.6 Å². The fourth-order valence-corrected chi connectivity index (χ4v) is 6.67. The summed E-state index contributed by atoms with van der Waals surface area (Å²) in [4.78, 5) is 41.4. The number of thiophene rings is 1. The summed E-state index contributed by atoms with van der Waals surface area (Å²) in [6.07, 6.45) is 7.46. The number of imide groups is 1. The minimum absolute atomic E-state index is 0.149. The average molecular weight is 389 g/mol. The predicted octanol–water partition coefficient (Wildman–Crippen LogP) is 2.86. The lowest BCUT2D eigenvalue weighted by atomic mass is 9.81. The summed E-state index contributed by atoms with van der Waals surface area (Å²) in [6, 6.07) is 0. The molecule has 27 heavy (non-hydrogen) atoms. The van der Waals surface area contributed by atoms with Gasteiger partial charge >= 0.3 is 5.97 Å². The highest BCUT2D eigenvalue weighted by molar-refractivity contribution is 7.17. The van der Waals surface area contributed by atoms with Gasteiger partial charge < -0.3 is 9.47 Å². The molecule has 5 rings (SSSR count). The summed E-state index contributed by atoms with van der Waals surface area (Å²) in [6.45, 7) is 0. The van der Waals surface area contributed by atoms with Crippen LogP contribution in [0.1, 0.15) is 59.3 Å². The van der Waals surface area contributed by atoms with E-state index >= 15 is 0 Å². The van der Waals surface area contributed by atoms with Crippen LogP contribution in [0.15, 0.2) is 0 Å². The van der Waals surface area contributed by atoms with E-state index in [4.69, 9.17) is 9.47 Å². The summed E-state index contributed by atoms with van der Waals surface area (Å²) >= 11 is 1.44. The second-order valence-corrected chi connectivity index (χ2v) is 9.03. The minimum Gasteiger partial charge on any atom is -0.465 e. The van der Waals surface area contributed by atoms with Gasteiger partial charge in [0, 0.05) is 4.88 Å². The molecular weight excluding hydrogens is 366 g/mol. The number of fused-ring (bicyclic) bond motifs is 6. The van der Waals surface area contributed by atoms with E-state index in [1.165, 1.54) is 29.8 Å². The summed E-state index contributed by atoms with van der Waals surface area (Å²) in [7, 11) is 1.36. The van der Waals surface area contributed by atoms with Gasteiger partial charge in [-0.15, -0.1) is 11.3 Å². The molecule has 7 heteroatoms. The fourth-order valence-electron chi connectivity index (χ4n) is 5.29. The van der Waals surface area contributed by atoms with E-state index in [1.807, 2.05) is 0 Å². The number of rotatable bonds is 2. The molecule has 0 N–H and O–H groups in total. The molecule has 3 aliphatic heterocycles. The minimum atomic E-state index is -0.444. The number of methoxy groups -OCH3 is 1. The first-order valence-electron chi connectivity index (χ1n) is 9.88. The molecule has 4 atom stereocenters. The maximum atomic E-state index is 13.2. The van der Waals surface area contributed by atoms with Crippen molar-refractivity contribution in [2.75, 3.05) is 12.0 Å². The number of hydrogen-bond acceptors (Lipinski definition) is 6. The first-order valence-corrected chi connectivity index (χ1v) is 10.7. The molecule has 0 aromatic carbocycles. The Balaban J connectivity index is 1.60. The number of aryl methyl sites for hydroxylation is 1. The first-order chi connectivity index (χ1) is 13.1. The lowest BCUT2D eigenvalue weighted by molar-refractivity contribution is -0.124. The maximum absolute atomic E-state index is 13.2. The lowest BCUT2D eigenvalue weighted by Crippen LogP contribution is -2.34. The number of hydrogen-bond donors (Lipinski definition) is 0. The van der Waals surface area contributed by atoms with Crippen LogP contribution in [-0.4, -0.2) is 37.1 Å². The van der Waals surface area contributed by atoms with Crippen LogP contribution in [0.4, 0.5) is 5.00 Å². The molecule has 1 aliphatic carbocycles. The Morgan fingerprint density at radius 2 is 1.67 bits per heavy atom. The Morgan fingerprint density at radius 1 is 1.04 bits per heavy atom. The average Bonchev–Trinajstić information content (AvgIpc) is 3.38. The molecule has 3 saturated heterocycles. The number of nitrogens with zero attached hydrogens (tertiary/aromatic N) is 1. The molecule has 1 aromatic rings. The number of carbonyl (C=O) groups excluding carboxylic acids is 3. The highest BCUT2D eigenvalue weighted by Crippen LogP contribution is 2.51. The van der Waals surface area contributed by atoms with Gasteiger partial charge in [-0.25, -0.2) is 9.69 Å². The van der Waals surface area contributed by atoms with Gasteiger partial charge in [-0.1, -0.05) is 12.8 Å². The van der Waals surface area contributed by atoms with Crippen LogP contribution in [0.5, 0.6) is 0 Å². The number of amides is 2. The number of ether oxygens (including phenoxy) is 2. The molecule has 4 aliphatic rings. The quantitative estimate of drug-likeness (QED) is 0.574. The van der Waals surface area contributed by atoms with E-state index in [2.05, 4.69) is 0 Å². The van der Waals surface area contributed by atoms with Crippen molar-refractivity contribution in [3.8, 4) is 0 Å². The van der Waals surface area contributed by atoms with E-state index in [-0.39, 0.29) is 35.9 Å². The zero-order valence-corrected chi connectivity index (χ0v) is 16.2. The Bertz CT molecular complexity index is 803. The van der Waals surface area contributed by atoms with Crippen LogP contribution >= 0.6 is 11.3 Å². The molecule has 1 aromatic heterocycles. The second-order valence-electron chi connectivity index (χ2n) is 7.94. The standard InChI is InChI=1S/C20H23NO5S/c1-25-20(24)14-10-6-4-2-3-5-7-13(10)27-19(14)21-17(22)15-11-8-9-12(26-11)16(15)18(21)23/h11-12,15-16H,2-9H2,1H3/t11-,12+,15-,16+. The van der Waals surface area contributed by atoms with Gasteiger partial charge in [0.1, 0.15) is 5.00 Å². The van der Waals surface area contributed by atoms with Crippen LogP contribution in [0.2, 0.25) is 0 Å². The van der Waals surface area contributed by atoms with Gasteiger partial charge in [0.2, 0.25) is 11.8 Å². The molecule has 3 fully saturated rings. The second kappa shape index (κ2) is 6.41. The Kier molecular flexibility index (Phi) is 4.13. The molecule has 0 spiro atoms. The van der Waals surface area contributed by atoms with Crippen LogP contribution in [-0.2, 0) is 31.9 Å². The van der Waals surface area contributed by atoms with Gasteiger partial charge in [0.25, 0.3) is 0 Å². The molecule has 4 heterocycles. The lowest BCUT2D eigenvalue weighted by Gasteiger charge is -2.17. The molecular formula is C20H23NO5S. The summed E-state index contributed by atoms with van der Waals surface area (Å²) in [5.41, 5.74) is 1.42. The number of anilines is 1. The van der Waals surface area contributed by atoms with Crippen molar-refractivity contribution >= 4 is 34.1 Å². The monoisotopic (exact) mass is 389 g/mol. The Labute approximate surface area is 161 Å². The zero-order valence-electron chi connectivity index (χ0n) is 15.4. The van der Waals surface area contributed by atoms with Crippen molar-refractivity contribution in [1.29, 1.82) is 0 Å². The van der Waals surface area contributed by atoms with Crippen molar-refractivity contribution in [1.82, 2.24) is 0 Å². The largest absolute Gasteiger partial charge is 0.465 e. The van der Waals surface area contributed by atoms with Crippen molar-refractivity contribution < 1.29 is 23.9 Å². The van der Waals surface area contributed by atoms with Crippen LogP contribution in [0.3, 0.4) is 0 Å². The van der Waals surface area contributed by atoms with Gasteiger partial charge in [-0.2, -0.15) is 0 Å². The third kappa shape index (κ3) is 2.44. The Morgan fingerprint density at radius 3 is 2.30 bits per heavy atom. The third-order valence-corrected chi connectivity index (χ3v) is 7.81. The van der Waals surface area contributed by atoms with E-state index in [0.29, 0.717) is 10.6 Å². The molecule has 2 amide bonds. The predicted molar refractivity (Wildman–Crippen MR) is 98.9 cm³/mol. The molecule has 0 saturated carbocycles. The topological polar surface area (TPSA) is 72.9 Å². The van der Waals surface area contributed by atoms with E-state index in [1.54, 1.807) is 0 Å². The normalized spacial score (nSPS) is 32.3. The van der Waals surface area contributed by atoms with Crippen molar-refractivity contribution in [2.24, 2.45) is 11.8 Å². The Hall–Kier alpha value is -1.73. The first kappa shape index (κ1) is 17.4. The summed E-state index contributed by atoms with van der Waals surface area (Å²) < 4.78 is 10.9. The van der Waals surface area contributed by atoms with E-state index < -0.39 is 5.97 Å². The van der Waals surface area contributed by atoms with Gasteiger partial charge in [-0.3, -0.25) is 9.59 Å². The highest BCUT2D eigenvalue weighted by atomic mass is 32.1. The molecule has 0 radical (unpaired) electrons. The smallest absolute Gasteiger partial charge is 0.341 e. The third-order valence-electron chi connectivity index (χ3n) is 6.53. The molecule has 0 unspecified atom stereocenters. The number of carbonyl (C=O) groups is 3. The SMILES string of the molecule is COC(=O)c1c(N2C(=O)[C@@H]3[C@H](C2=O)[C@H]2CC[C@@H]3O2)sc2c1CCCCCC2. The van der Waals surface area contributed by atoms with Crippen LogP contribution in [0, 0.1) is 11.8 Å². The zero-order chi connectivity index (χ0) is 18.7. The molecule has 144 valence electrons. The van der Waals surface area contributed by atoms with Gasteiger partial charge in [0.05, 0.1) is 36.7 Å². The fraction of sp³-hybridized carbons (Fsp3) is 0.650. The number of esters is 1. The maximum Gasteiger partial charge on any atom is 0.341 e. The van der Waals surface area contributed by atoms with E-state index in [9.17, 15) is 14.4 Å². The van der Waals surface area contributed by atoms with Crippen LogP contribution < -0.4 is 4.90 Å². The highest BCUT2D eigenvalue weighted by Gasteiger charge is 2.63. The van der Waals surface area contributed by atoms with Gasteiger partial charge in [-0.05, 0) is 44.1 Å². The summed E-state index contributed by atoms with van der Waals surface area (Å²) in [5.74, 6) is -1.61. The molecule has 2 bridgehead atoms. The van der Waals surface area contributed by atoms with Crippen LogP contribution in [0.25, 0.3) is 0 Å². The van der Waals surface area contributed by atoms with Gasteiger partial charge in [0.15, 0.2) is 0 Å². The summed E-state index contributed by atoms with van der Waals surface area (Å²) in [5, 5.41) is 0.484.